The number of fused-ring (bicyclic) bond motifs is 3. The number of thioether (sulfide) groups is 1. The van der Waals surface area contributed by atoms with Crippen molar-refractivity contribution in [3.8, 4) is 0 Å². The highest BCUT2D eigenvalue weighted by atomic mass is 79.9. The molecule has 0 saturated carbocycles. The average Bonchev–Trinajstić information content (AvgIpc) is 2.90. The van der Waals surface area contributed by atoms with E-state index < -0.39 is 5.72 Å². The Morgan fingerprint density at radius 2 is 1.95 bits per heavy atom. The van der Waals surface area contributed by atoms with Crippen molar-refractivity contribution in [3.63, 3.8) is 0 Å². The fraction of sp³-hybridized carbons (Fsp3) is 0.188. The molecule has 2 nitrogen and oxygen atoms in total. The smallest absolute Gasteiger partial charge is 0.196 e. The van der Waals surface area contributed by atoms with Crippen molar-refractivity contribution in [1.29, 1.82) is 0 Å². The maximum atomic E-state index is 11.0. The van der Waals surface area contributed by atoms with Crippen molar-refractivity contribution in [2.24, 2.45) is 4.99 Å². The van der Waals surface area contributed by atoms with Gasteiger partial charge in [0, 0.05) is 16.1 Å². The molecular weight excluding hydrogens is 370 g/mol. The van der Waals surface area contributed by atoms with Crippen molar-refractivity contribution >= 4 is 45.4 Å². The number of benzene rings is 2. The number of aliphatic hydroxyl groups is 1. The Morgan fingerprint density at radius 1 is 1.19 bits per heavy atom. The van der Waals surface area contributed by atoms with E-state index in [0.29, 0.717) is 5.02 Å². The first-order chi connectivity index (χ1) is 9.67. The number of aliphatic imine (C=N–C) groups is 1. The monoisotopic (exact) mass is 381 g/mol. The molecule has 2 atom stereocenters. The lowest BCUT2D eigenvalue weighted by atomic mass is 10.1. The summed E-state index contributed by atoms with van der Waals surface area (Å²) in [5, 5.41) is 12.6. The number of hydrogen-bond donors (Lipinski definition) is 1. The largest absolute Gasteiger partial charge is 0.365 e. The summed E-state index contributed by atoms with van der Waals surface area (Å²) in [4.78, 5) is 4.62. The molecule has 1 aliphatic carbocycles. The molecule has 108 valence electrons. The third-order valence-corrected chi connectivity index (χ3v) is 5.43. The minimum Gasteiger partial charge on any atom is -0.365 e. The van der Waals surface area contributed by atoms with Gasteiger partial charge in [-0.05, 0) is 24.1 Å². The second-order valence-electron chi connectivity index (χ2n) is 5.12. The van der Waals surface area contributed by atoms with Crippen molar-refractivity contribution in [2.45, 2.75) is 17.4 Å². The molecule has 0 bridgehead atoms. The van der Waals surface area contributed by atoms with Gasteiger partial charge in [0.05, 0.1) is 5.25 Å². The second-order valence-corrected chi connectivity index (χ2v) is 6.75. The first kappa shape index (κ1) is 15.1. The van der Waals surface area contributed by atoms with Crippen LogP contribution in [0.2, 0.25) is 5.02 Å². The molecule has 0 radical (unpaired) electrons. The Bertz CT molecular complexity index is 721. The van der Waals surface area contributed by atoms with Gasteiger partial charge in [-0.1, -0.05) is 59.8 Å². The highest BCUT2D eigenvalue weighted by Crippen LogP contribution is 2.50. The Balaban J connectivity index is 0.00000132. The van der Waals surface area contributed by atoms with Crippen LogP contribution in [-0.2, 0) is 12.1 Å². The Kier molecular flexibility index (Phi) is 3.91. The first-order valence-corrected chi connectivity index (χ1v) is 7.76. The van der Waals surface area contributed by atoms with Gasteiger partial charge in [-0.25, -0.2) is 4.99 Å². The number of halogens is 2. The molecule has 0 fully saturated rings. The summed E-state index contributed by atoms with van der Waals surface area (Å²) in [6, 6.07) is 15.7. The van der Waals surface area contributed by atoms with Crippen LogP contribution in [0.5, 0.6) is 0 Å². The van der Waals surface area contributed by atoms with Crippen LogP contribution in [0, 0.1) is 0 Å². The van der Waals surface area contributed by atoms with E-state index in [1.165, 1.54) is 0 Å². The Labute approximate surface area is 143 Å². The lowest BCUT2D eigenvalue weighted by Crippen LogP contribution is -2.27. The maximum absolute atomic E-state index is 11.0. The van der Waals surface area contributed by atoms with Crippen LogP contribution in [0.15, 0.2) is 53.5 Å². The zero-order valence-corrected chi connectivity index (χ0v) is 14.3. The van der Waals surface area contributed by atoms with Crippen LogP contribution in [0.1, 0.15) is 16.7 Å². The summed E-state index contributed by atoms with van der Waals surface area (Å²) in [5.74, 6) is 0. The topological polar surface area (TPSA) is 32.6 Å². The van der Waals surface area contributed by atoms with Gasteiger partial charge < -0.3 is 5.11 Å². The molecule has 1 N–H and O–H groups in total. The average molecular weight is 383 g/mol. The van der Waals surface area contributed by atoms with Crippen LogP contribution < -0.4 is 0 Å². The maximum Gasteiger partial charge on any atom is 0.196 e. The van der Waals surface area contributed by atoms with Gasteiger partial charge in [0.25, 0.3) is 0 Å². The Morgan fingerprint density at radius 3 is 2.71 bits per heavy atom. The van der Waals surface area contributed by atoms with Crippen molar-refractivity contribution in [3.05, 3.63) is 70.2 Å². The molecular formula is C16H13BrClNOS. The van der Waals surface area contributed by atoms with E-state index in [-0.39, 0.29) is 22.2 Å². The lowest BCUT2D eigenvalue weighted by molar-refractivity contribution is 0.0581. The van der Waals surface area contributed by atoms with Crippen molar-refractivity contribution in [2.75, 3.05) is 0 Å². The van der Waals surface area contributed by atoms with E-state index >= 15 is 0 Å². The van der Waals surface area contributed by atoms with E-state index in [2.05, 4.69) is 4.99 Å². The van der Waals surface area contributed by atoms with Gasteiger partial charge in [0.2, 0.25) is 0 Å². The molecule has 2 aromatic carbocycles. The van der Waals surface area contributed by atoms with Gasteiger partial charge in [-0.3, -0.25) is 0 Å². The van der Waals surface area contributed by atoms with Crippen molar-refractivity contribution < 1.29 is 5.11 Å². The van der Waals surface area contributed by atoms with Crippen LogP contribution >= 0.6 is 40.3 Å². The van der Waals surface area contributed by atoms with Crippen molar-refractivity contribution in [1.82, 2.24) is 0 Å². The van der Waals surface area contributed by atoms with E-state index in [1.54, 1.807) is 11.8 Å². The van der Waals surface area contributed by atoms with Gasteiger partial charge in [-0.15, -0.1) is 17.0 Å². The third-order valence-electron chi connectivity index (χ3n) is 3.86. The molecule has 1 aliphatic heterocycles. The van der Waals surface area contributed by atoms with Gasteiger partial charge in [0.1, 0.15) is 5.04 Å². The number of nitrogens with zero attached hydrogens (tertiary/aromatic N) is 1. The second kappa shape index (κ2) is 5.43. The fourth-order valence-electron chi connectivity index (χ4n) is 2.89. The van der Waals surface area contributed by atoms with Gasteiger partial charge >= 0.3 is 0 Å². The Hall–Kier alpha value is -0.810. The van der Waals surface area contributed by atoms with E-state index in [4.69, 9.17) is 11.6 Å². The SMILES string of the molecule is Br.OC12N=C(c3ccccc3)SC1Cc1cc(Cl)ccc12. The molecule has 4 rings (SSSR count). The van der Waals surface area contributed by atoms with Crippen LogP contribution in [0.3, 0.4) is 0 Å². The minimum absolute atomic E-state index is 0. The summed E-state index contributed by atoms with van der Waals surface area (Å²) in [5.41, 5.74) is 1.96. The van der Waals surface area contributed by atoms with E-state index in [1.807, 2.05) is 48.5 Å². The first-order valence-electron chi connectivity index (χ1n) is 6.50. The molecule has 5 heteroatoms. The lowest BCUT2D eigenvalue weighted by Gasteiger charge is -2.19. The van der Waals surface area contributed by atoms with E-state index in [9.17, 15) is 5.11 Å². The molecule has 1 heterocycles. The third kappa shape index (κ3) is 2.34. The highest BCUT2D eigenvalue weighted by Gasteiger charge is 2.50. The predicted molar refractivity (Wildman–Crippen MR) is 93.7 cm³/mol. The molecule has 0 amide bonds. The molecule has 21 heavy (non-hydrogen) atoms. The van der Waals surface area contributed by atoms with Gasteiger partial charge in [-0.2, -0.15) is 0 Å². The summed E-state index contributed by atoms with van der Waals surface area (Å²) >= 11 is 7.68. The molecule has 2 aliphatic rings. The standard InChI is InChI=1S/C16H12ClNOS.BrH/c17-12-6-7-13-11(8-12)9-14-16(13,19)18-15(20-14)10-4-2-1-3-5-10;/h1-8,14,19H,9H2;1H. The summed E-state index contributed by atoms with van der Waals surface area (Å²) in [7, 11) is 0. The highest BCUT2D eigenvalue weighted by molar-refractivity contribution is 8.93. The van der Waals surface area contributed by atoms with Gasteiger partial charge in [0.15, 0.2) is 5.72 Å². The predicted octanol–water partition coefficient (Wildman–Crippen LogP) is 4.18. The fourth-order valence-corrected chi connectivity index (χ4v) is 4.43. The zero-order valence-electron chi connectivity index (χ0n) is 11.0. The zero-order chi connectivity index (χ0) is 13.7. The van der Waals surface area contributed by atoms with Crippen LogP contribution in [0.25, 0.3) is 0 Å². The number of hydrogen-bond acceptors (Lipinski definition) is 3. The van der Waals surface area contributed by atoms with E-state index in [0.717, 1.165) is 28.2 Å². The molecule has 0 aromatic heterocycles. The quantitative estimate of drug-likeness (QED) is 0.802. The summed E-state index contributed by atoms with van der Waals surface area (Å²) in [6.07, 6.45) is 0.802. The minimum atomic E-state index is -1.10. The molecule has 2 unspecified atom stereocenters. The number of rotatable bonds is 1. The summed E-state index contributed by atoms with van der Waals surface area (Å²) < 4.78 is 0. The molecule has 2 aromatic rings. The molecule has 0 saturated heterocycles. The summed E-state index contributed by atoms with van der Waals surface area (Å²) in [6.45, 7) is 0. The van der Waals surface area contributed by atoms with Crippen LogP contribution in [-0.4, -0.2) is 15.4 Å². The normalized spacial score (nSPS) is 25.8. The molecule has 0 spiro atoms. The van der Waals surface area contributed by atoms with Crippen LogP contribution in [0.4, 0.5) is 0 Å².